The third-order valence-electron chi connectivity index (χ3n) is 4.18. The van der Waals surface area contributed by atoms with Crippen molar-refractivity contribution in [2.45, 2.75) is 26.8 Å². The molecule has 0 atom stereocenters. The molecule has 0 saturated carbocycles. The SMILES string of the molecule is COCCCNC(=O)/C(C#N)=C/c1c(C)nn(Cc2ccccc2Cl)c1C. The van der Waals surface area contributed by atoms with Crippen LogP contribution in [0.4, 0.5) is 0 Å². The first-order valence-corrected chi connectivity index (χ1v) is 9.02. The molecule has 0 fully saturated rings. The zero-order valence-electron chi connectivity index (χ0n) is 15.8. The molecular weight excluding hydrogens is 364 g/mol. The maximum Gasteiger partial charge on any atom is 0.261 e. The third-order valence-corrected chi connectivity index (χ3v) is 4.55. The van der Waals surface area contributed by atoms with E-state index in [-0.39, 0.29) is 5.57 Å². The number of hydrogen-bond acceptors (Lipinski definition) is 4. The van der Waals surface area contributed by atoms with Gasteiger partial charge in [0.2, 0.25) is 0 Å². The smallest absolute Gasteiger partial charge is 0.261 e. The van der Waals surface area contributed by atoms with Gasteiger partial charge in [0, 0.05) is 36.5 Å². The van der Waals surface area contributed by atoms with E-state index < -0.39 is 5.91 Å². The van der Waals surface area contributed by atoms with Crippen molar-refractivity contribution in [1.29, 1.82) is 5.26 Å². The zero-order chi connectivity index (χ0) is 19.8. The molecule has 2 aromatic rings. The summed E-state index contributed by atoms with van der Waals surface area (Å²) in [6, 6.07) is 9.57. The van der Waals surface area contributed by atoms with Crippen LogP contribution in [0.3, 0.4) is 0 Å². The van der Waals surface area contributed by atoms with Gasteiger partial charge in [0.25, 0.3) is 5.91 Å². The molecule has 0 aliphatic rings. The first-order chi connectivity index (χ1) is 13.0. The summed E-state index contributed by atoms with van der Waals surface area (Å²) in [5.41, 5.74) is 3.39. The van der Waals surface area contributed by atoms with Crippen molar-refractivity contribution in [3.63, 3.8) is 0 Å². The monoisotopic (exact) mass is 386 g/mol. The minimum atomic E-state index is -0.397. The molecule has 142 valence electrons. The Kier molecular flexibility index (Phi) is 7.59. The van der Waals surface area contributed by atoms with Crippen LogP contribution in [-0.4, -0.2) is 35.9 Å². The number of carbonyl (C=O) groups is 1. The summed E-state index contributed by atoms with van der Waals surface area (Å²) in [6.07, 6.45) is 2.28. The number of nitrogens with one attached hydrogen (secondary N) is 1. The fraction of sp³-hybridized carbons (Fsp3) is 0.350. The number of nitrogens with zero attached hydrogens (tertiary/aromatic N) is 3. The number of methoxy groups -OCH3 is 1. The normalized spacial score (nSPS) is 11.3. The first-order valence-electron chi connectivity index (χ1n) is 8.64. The summed E-state index contributed by atoms with van der Waals surface area (Å²) in [7, 11) is 1.61. The van der Waals surface area contributed by atoms with E-state index in [0.29, 0.717) is 31.1 Å². The number of benzene rings is 1. The van der Waals surface area contributed by atoms with E-state index in [1.165, 1.54) is 0 Å². The fourth-order valence-corrected chi connectivity index (χ4v) is 2.86. The summed E-state index contributed by atoms with van der Waals surface area (Å²) < 4.78 is 6.77. The van der Waals surface area contributed by atoms with Crippen molar-refractivity contribution in [3.05, 3.63) is 57.4 Å². The Morgan fingerprint density at radius 3 is 2.81 bits per heavy atom. The Hall–Kier alpha value is -2.62. The van der Waals surface area contributed by atoms with Crippen LogP contribution in [-0.2, 0) is 16.1 Å². The second kappa shape index (κ2) is 9.91. The molecule has 0 radical (unpaired) electrons. The molecule has 0 aliphatic carbocycles. The number of hydrogen-bond donors (Lipinski definition) is 1. The van der Waals surface area contributed by atoms with Crippen molar-refractivity contribution in [2.75, 3.05) is 20.3 Å². The predicted octanol–water partition coefficient (Wildman–Crippen LogP) is 3.26. The van der Waals surface area contributed by atoms with Crippen LogP contribution in [0, 0.1) is 25.2 Å². The quantitative estimate of drug-likeness (QED) is 0.429. The summed E-state index contributed by atoms with van der Waals surface area (Å²) in [5, 5.41) is 17.3. The number of nitriles is 1. The van der Waals surface area contributed by atoms with Gasteiger partial charge in [0.05, 0.1) is 12.2 Å². The van der Waals surface area contributed by atoms with E-state index in [1.54, 1.807) is 13.2 Å². The molecule has 1 amide bonds. The van der Waals surface area contributed by atoms with Crippen molar-refractivity contribution in [3.8, 4) is 6.07 Å². The summed E-state index contributed by atoms with van der Waals surface area (Å²) in [5.74, 6) is -0.397. The Bertz CT molecular complexity index is 881. The van der Waals surface area contributed by atoms with Gasteiger partial charge in [-0.3, -0.25) is 9.48 Å². The first kappa shape index (κ1) is 20.7. The van der Waals surface area contributed by atoms with E-state index >= 15 is 0 Å². The van der Waals surface area contributed by atoms with Gasteiger partial charge >= 0.3 is 0 Å². The molecule has 1 N–H and O–H groups in total. The van der Waals surface area contributed by atoms with E-state index in [0.717, 1.165) is 22.5 Å². The van der Waals surface area contributed by atoms with Crippen molar-refractivity contribution in [1.82, 2.24) is 15.1 Å². The second-order valence-corrected chi connectivity index (χ2v) is 6.51. The Labute approximate surface area is 164 Å². The average Bonchev–Trinajstić information content (AvgIpc) is 2.91. The second-order valence-electron chi connectivity index (χ2n) is 6.11. The van der Waals surface area contributed by atoms with E-state index in [4.69, 9.17) is 16.3 Å². The third kappa shape index (κ3) is 5.43. The van der Waals surface area contributed by atoms with Gasteiger partial charge < -0.3 is 10.1 Å². The molecule has 7 heteroatoms. The molecule has 2 rings (SSSR count). The average molecular weight is 387 g/mol. The van der Waals surface area contributed by atoms with E-state index in [1.807, 2.05) is 48.9 Å². The highest BCUT2D eigenvalue weighted by atomic mass is 35.5. The van der Waals surface area contributed by atoms with Crippen molar-refractivity contribution < 1.29 is 9.53 Å². The summed E-state index contributed by atoms with van der Waals surface area (Å²) in [6.45, 7) is 5.29. The van der Waals surface area contributed by atoms with Gasteiger partial charge in [-0.25, -0.2) is 0 Å². The number of ether oxygens (including phenoxy) is 1. The van der Waals surface area contributed by atoms with Gasteiger partial charge in [-0.2, -0.15) is 10.4 Å². The van der Waals surface area contributed by atoms with Crippen molar-refractivity contribution in [2.24, 2.45) is 0 Å². The van der Waals surface area contributed by atoms with Gasteiger partial charge in [-0.1, -0.05) is 29.8 Å². The Morgan fingerprint density at radius 1 is 1.41 bits per heavy atom. The summed E-state index contributed by atoms with van der Waals surface area (Å²) in [4.78, 5) is 12.2. The van der Waals surface area contributed by atoms with Crippen LogP contribution in [0.25, 0.3) is 6.08 Å². The fourth-order valence-electron chi connectivity index (χ4n) is 2.67. The van der Waals surface area contributed by atoms with Crippen LogP contribution in [0.5, 0.6) is 0 Å². The molecule has 6 nitrogen and oxygen atoms in total. The van der Waals surface area contributed by atoms with Gasteiger partial charge in [-0.05, 0) is 38.0 Å². The van der Waals surface area contributed by atoms with Gasteiger partial charge in [0.1, 0.15) is 11.6 Å². The summed E-state index contributed by atoms with van der Waals surface area (Å²) >= 11 is 6.23. The number of rotatable bonds is 8. The lowest BCUT2D eigenvalue weighted by Gasteiger charge is -2.07. The van der Waals surface area contributed by atoms with Gasteiger partial charge in [-0.15, -0.1) is 0 Å². The minimum absolute atomic E-state index is 0.0518. The predicted molar refractivity (Wildman–Crippen MR) is 105 cm³/mol. The molecule has 0 bridgehead atoms. The standard InChI is InChI=1S/C20H23ClN4O2/c1-14-18(11-17(12-22)20(26)23-9-6-10-27-3)15(2)25(24-14)13-16-7-4-5-8-19(16)21/h4-5,7-8,11H,6,9-10,13H2,1-3H3,(H,23,26)/b17-11+. The van der Waals surface area contributed by atoms with Crippen LogP contribution in [0.15, 0.2) is 29.8 Å². The maximum absolute atomic E-state index is 12.2. The maximum atomic E-state index is 12.2. The highest BCUT2D eigenvalue weighted by molar-refractivity contribution is 6.31. The lowest BCUT2D eigenvalue weighted by Crippen LogP contribution is -2.26. The van der Waals surface area contributed by atoms with Crippen LogP contribution < -0.4 is 5.32 Å². The lowest BCUT2D eigenvalue weighted by molar-refractivity contribution is -0.117. The van der Waals surface area contributed by atoms with Crippen LogP contribution >= 0.6 is 11.6 Å². The molecule has 0 saturated heterocycles. The molecule has 1 aromatic carbocycles. The molecule has 0 aliphatic heterocycles. The van der Waals surface area contributed by atoms with Crippen LogP contribution in [0.1, 0.15) is 28.9 Å². The number of aromatic nitrogens is 2. The number of carbonyl (C=O) groups excluding carboxylic acids is 1. The highest BCUT2D eigenvalue weighted by Gasteiger charge is 2.15. The number of aryl methyl sites for hydroxylation is 1. The Morgan fingerprint density at radius 2 is 2.15 bits per heavy atom. The zero-order valence-corrected chi connectivity index (χ0v) is 16.5. The molecule has 1 aromatic heterocycles. The molecule has 0 unspecified atom stereocenters. The molecular formula is C20H23ClN4O2. The van der Waals surface area contributed by atoms with Crippen molar-refractivity contribution >= 4 is 23.6 Å². The van der Waals surface area contributed by atoms with Gasteiger partial charge in [0.15, 0.2) is 0 Å². The van der Waals surface area contributed by atoms with E-state index in [2.05, 4.69) is 10.4 Å². The lowest BCUT2D eigenvalue weighted by atomic mass is 10.1. The largest absolute Gasteiger partial charge is 0.385 e. The highest BCUT2D eigenvalue weighted by Crippen LogP contribution is 2.21. The number of amides is 1. The minimum Gasteiger partial charge on any atom is -0.385 e. The van der Waals surface area contributed by atoms with E-state index in [9.17, 15) is 10.1 Å². The molecule has 0 spiro atoms. The van der Waals surface area contributed by atoms with Crippen LogP contribution in [0.2, 0.25) is 5.02 Å². The molecule has 1 heterocycles. The topological polar surface area (TPSA) is 79.9 Å². The number of halogens is 1. The Balaban J connectivity index is 2.21. The molecule has 27 heavy (non-hydrogen) atoms.